The van der Waals surface area contributed by atoms with E-state index in [1.807, 2.05) is 0 Å². The third-order valence-electron chi connectivity index (χ3n) is 7.74. The van der Waals surface area contributed by atoms with Gasteiger partial charge < -0.3 is 9.80 Å². The monoisotopic (exact) mass is 560 g/mol. The van der Waals surface area contributed by atoms with E-state index in [1.165, 1.54) is 22.3 Å². The molecule has 2 amide bonds. The molecule has 6 nitrogen and oxygen atoms in total. The maximum atomic E-state index is 13.3. The topological polar surface area (TPSA) is 47.1 Å². The van der Waals surface area contributed by atoms with Crippen molar-refractivity contribution >= 4 is 11.8 Å². The number of amides is 2. The molecule has 8 bridgehead atoms. The highest BCUT2D eigenvalue weighted by Gasteiger charge is 2.17. The lowest BCUT2D eigenvalue weighted by Crippen LogP contribution is -2.28. The van der Waals surface area contributed by atoms with Gasteiger partial charge in [0.2, 0.25) is 0 Å². The second-order valence-corrected chi connectivity index (χ2v) is 11.7. The molecular weight excluding hydrogens is 520 g/mol. The summed E-state index contributed by atoms with van der Waals surface area (Å²) >= 11 is 0. The minimum Gasteiger partial charge on any atom is -0.337 e. The zero-order valence-electron chi connectivity index (χ0n) is 25.1. The average Bonchev–Trinajstić information content (AvgIpc) is 2.98. The van der Waals surface area contributed by atoms with Crippen molar-refractivity contribution in [1.82, 2.24) is 19.6 Å². The molecule has 6 heteroatoms. The quantitative estimate of drug-likeness (QED) is 0.272. The lowest BCUT2D eigenvalue weighted by atomic mass is 10.1. The first-order chi connectivity index (χ1) is 20.2. The van der Waals surface area contributed by atoms with Gasteiger partial charge >= 0.3 is 0 Å². The normalized spacial score (nSPS) is 16.3. The van der Waals surface area contributed by atoms with Crippen molar-refractivity contribution in [3.05, 3.63) is 142 Å². The molecule has 0 unspecified atom stereocenters. The number of nitrogens with zero attached hydrogens (tertiary/aromatic N) is 4. The Morgan fingerprint density at radius 3 is 1.14 bits per heavy atom. The van der Waals surface area contributed by atoms with Crippen LogP contribution in [0.15, 0.2) is 97.1 Å². The highest BCUT2D eigenvalue weighted by molar-refractivity contribution is 5.99. The summed E-state index contributed by atoms with van der Waals surface area (Å²) in [5, 5.41) is 0. The molecule has 216 valence electrons. The van der Waals surface area contributed by atoms with Crippen molar-refractivity contribution in [3.63, 3.8) is 0 Å². The van der Waals surface area contributed by atoms with Crippen LogP contribution in [0, 0.1) is 0 Å². The van der Waals surface area contributed by atoms with Gasteiger partial charge in [0.1, 0.15) is 0 Å². The molecule has 0 atom stereocenters. The summed E-state index contributed by atoms with van der Waals surface area (Å²) in [5.41, 5.74) is 8.20. The van der Waals surface area contributed by atoms with Crippen LogP contribution in [0.5, 0.6) is 0 Å². The number of hydrogen-bond acceptors (Lipinski definition) is 4. The number of hydrogen-bond donors (Lipinski definition) is 0. The largest absolute Gasteiger partial charge is 0.337 e. The standard InChI is InChI=1S/C36H40N4O2/c1-37-21-27-11-15-29(16-12-27)25-39(3)35(41)33-9-6-10-34(20-33)36(42)40(4)26-30-17-13-28(14-18-30)22-38(2)24-32-8-5-7-31(19-32)23-37/h5-20H,21-26H2,1-4H3. The third-order valence-corrected chi connectivity index (χ3v) is 7.74. The van der Waals surface area contributed by atoms with Crippen LogP contribution in [0.1, 0.15) is 54.1 Å². The van der Waals surface area contributed by atoms with Gasteiger partial charge in [0.25, 0.3) is 11.8 Å². The predicted molar refractivity (Wildman–Crippen MR) is 168 cm³/mol. The fraction of sp³-hybridized carbons (Fsp3) is 0.278. The van der Waals surface area contributed by atoms with Crippen molar-refractivity contribution in [2.24, 2.45) is 0 Å². The summed E-state index contributed by atoms with van der Waals surface area (Å²) in [6.07, 6.45) is 0. The molecule has 0 aromatic heterocycles. The molecule has 0 spiro atoms. The van der Waals surface area contributed by atoms with E-state index in [0.717, 1.165) is 37.3 Å². The van der Waals surface area contributed by atoms with Crippen molar-refractivity contribution < 1.29 is 9.59 Å². The Kier molecular flexibility index (Phi) is 9.15. The van der Waals surface area contributed by atoms with Gasteiger partial charge in [-0.2, -0.15) is 0 Å². The van der Waals surface area contributed by atoms with E-state index >= 15 is 0 Å². The Hall–Kier alpha value is -4.26. The van der Waals surface area contributed by atoms with Gasteiger partial charge in [-0.1, -0.05) is 78.9 Å². The van der Waals surface area contributed by atoms with Gasteiger partial charge in [-0.25, -0.2) is 0 Å². The van der Waals surface area contributed by atoms with Crippen molar-refractivity contribution in [2.75, 3.05) is 28.2 Å². The Morgan fingerprint density at radius 2 is 0.738 bits per heavy atom. The van der Waals surface area contributed by atoms with Gasteiger partial charge in [0.15, 0.2) is 0 Å². The zero-order valence-corrected chi connectivity index (χ0v) is 25.1. The Bertz CT molecular complexity index is 1420. The van der Waals surface area contributed by atoms with E-state index < -0.39 is 0 Å². The van der Waals surface area contributed by atoms with Crippen molar-refractivity contribution in [3.8, 4) is 0 Å². The molecule has 0 saturated carbocycles. The molecule has 0 radical (unpaired) electrons. The molecule has 4 aliphatic heterocycles. The highest BCUT2D eigenvalue weighted by atomic mass is 16.2. The molecule has 4 heterocycles. The van der Waals surface area contributed by atoms with Gasteiger partial charge in [0.05, 0.1) is 0 Å². The van der Waals surface area contributed by atoms with Crippen LogP contribution < -0.4 is 0 Å². The van der Waals surface area contributed by atoms with E-state index in [0.29, 0.717) is 24.2 Å². The second kappa shape index (κ2) is 13.1. The zero-order chi connectivity index (χ0) is 29.6. The van der Waals surface area contributed by atoms with Crippen LogP contribution in [0.2, 0.25) is 0 Å². The van der Waals surface area contributed by atoms with Crippen LogP contribution in [0.25, 0.3) is 0 Å². The SMILES string of the molecule is CN1Cc2ccc(cc2)CN(C)C(=O)c2cccc(c2)C(=O)N(C)Cc2ccc(cc2)CN(C)Cc2cccc(c2)C1. The summed E-state index contributed by atoms with van der Waals surface area (Å²) in [4.78, 5) is 34.6. The smallest absolute Gasteiger partial charge is 0.253 e. The van der Waals surface area contributed by atoms with E-state index in [4.69, 9.17) is 0 Å². The second-order valence-electron chi connectivity index (χ2n) is 11.7. The van der Waals surface area contributed by atoms with Gasteiger partial charge in [-0.15, -0.1) is 0 Å². The third kappa shape index (κ3) is 7.52. The molecule has 0 fully saturated rings. The highest BCUT2D eigenvalue weighted by Crippen LogP contribution is 2.17. The number of rotatable bonds is 0. The predicted octanol–water partition coefficient (Wildman–Crippen LogP) is 5.81. The van der Waals surface area contributed by atoms with Crippen LogP contribution in [-0.4, -0.2) is 59.6 Å². The van der Waals surface area contributed by atoms with Crippen LogP contribution in [0.3, 0.4) is 0 Å². The summed E-state index contributed by atoms with van der Waals surface area (Å²) < 4.78 is 0. The maximum Gasteiger partial charge on any atom is 0.253 e. The molecule has 4 aliphatic rings. The van der Waals surface area contributed by atoms with Crippen LogP contribution in [0.4, 0.5) is 0 Å². The van der Waals surface area contributed by atoms with Crippen LogP contribution in [-0.2, 0) is 39.3 Å². The van der Waals surface area contributed by atoms with E-state index in [2.05, 4.69) is 96.7 Å². The Morgan fingerprint density at radius 1 is 0.405 bits per heavy atom. The molecule has 0 saturated heterocycles. The first-order valence-corrected chi connectivity index (χ1v) is 14.4. The summed E-state index contributed by atoms with van der Waals surface area (Å²) in [7, 11) is 7.90. The number of carbonyl (C=O) groups excluding carboxylic acids is 2. The lowest BCUT2D eigenvalue weighted by Gasteiger charge is -2.21. The minimum atomic E-state index is -0.111. The van der Waals surface area contributed by atoms with Gasteiger partial charge in [-0.3, -0.25) is 19.4 Å². The molecule has 4 aromatic carbocycles. The molecule has 0 aliphatic carbocycles. The summed E-state index contributed by atoms with van der Waals surface area (Å²) in [5.74, 6) is -0.222. The molecule has 0 N–H and O–H groups in total. The van der Waals surface area contributed by atoms with E-state index in [9.17, 15) is 9.59 Å². The lowest BCUT2D eigenvalue weighted by molar-refractivity contribution is 0.0783. The first-order valence-electron chi connectivity index (χ1n) is 14.4. The summed E-state index contributed by atoms with van der Waals surface area (Å²) in [6.45, 7) is 4.39. The van der Waals surface area contributed by atoms with Gasteiger partial charge in [0, 0.05) is 64.5 Å². The Balaban J connectivity index is 1.40. The summed E-state index contributed by atoms with van der Waals surface area (Å²) in [6, 6.07) is 32.8. The molecule has 8 rings (SSSR count). The van der Waals surface area contributed by atoms with Gasteiger partial charge in [-0.05, 0) is 65.7 Å². The fourth-order valence-electron chi connectivity index (χ4n) is 5.60. The Labute approximate surface area is 249 Å². The first kappa shape index (κ1) is 29.2. The van der Waals surface area contributed by atoms with Crippen molar-refractivity contribution in [2.45, 2.75) is 39.3 Å². The molecular formula is C36H40N4O2. The minimum absolute atomic E-state index is 0.111. The van der Waals surface area contributed by atoms with E-state index in [-0.39, 0.29) is 11.8 Å². The number of carbonyl (C=O) groups is 2. The maximum absolute atomic E-state index is 13.3. The molecule has 42 heavy (non-hydrogen) atoms. The van der Waals surface area contributed by atoms with Crippen molar-refractivity contribution in [1.29, 1.82) is 0 Å². The van der Waals surface area contributed by atoms with Crippen LogP contribution >= 0.6 is 0 Å². The molecule has 4 aromatic rings. The number of benzene rings is 4. The fourth-order valence-corrected chi connectivity index (χ4v) is 5.60. The average molecular weight is 561 g/mol. The van der Waals surface area contributed by atoms with E-state index in [1.54, 1.807) is 48.2 Å².